The van der Waals surface area contributed by atoms with Gasteiger partial charge in [0.05, 0.1) is 22.9 Å². The van der Waals surface area contributed by atoms with E-state index in [1.54, 1.807) is 54.6 Å². The van der Waals surface area contributed by atoms with Gasteiger partial charge in [-0.1, -0.05) is 54.1 Å². The van der Waals surface area contributed by atoms with E-state index in [4.69, 9.17) is 11.6 Å². The molecule has 4 rings (SSSR count). The number of nitrogens with zero attached hydrogens (tertiary/aromatic N) is 2. The zero-order valence-electron chi connectivity index (χ0n) is 14.6. The van der Waals surface area contributed by atoms with Crippen LogP contribution in [0.2, 0.25) is 5.02 Å². The lowest BCUT2D eigenvalue weighted by atomic mass is 10.0. The SMILES string of the molecule is O=C(c1ccccc1)c1cc(Cl)ccc1N=Cc1nc2ccccc2[nH]c1=O. The summed E-state index contributed by atoms with van der Waals surface area (Å²) in [4.78, 5) is 36.6. The molecule has 0 fully saturated rings. The molecule has 0 saturated heterocycles. The maximum Gasteiger partial charge on any atom is 0.275 e. The minimum absolute atomic E-state index is 0.159. The summed E-state index contributed by atoms with van der Waals surface area (Å²) in [6.45, 7) is 0. The number of fused-ring (bicyclic) bond motifs is 1. The Labute approximate surface area is 165 Å². The minimum Gasteiger partial charge on any atom is -0.319 e. The maximum absolute atomic E-state index is 12.9. The Bertz CT molecular complexity index is 1260. The van der Waals surface area contributed by atoms with Crippen molar-refractivity contribution >= 4 is 40.3 Å². The highest BCUT2D eigenvalue weighted by Crippen LogP contribution is 2.26. The molecule has 5 nitrogen and oxygen atoms in total. The highest BCUT2D eigenvalue weighted by atomic mass is 35.5. The number of H-pyrrole nitrogens is 1. The van der Waals surface area contributed by atoms with Gasteiger partial charge in [0, 0.05) is 16.1 Å². The van der Waals surface area contributed by atoms with Crippen molar-refractivity contribution in [3.63, 3.8) is 0 Å². The molecule has 6 heteroatoms. The molecule has 1 N–H and O–H groups in total. The van der Waals surface area contributed by atoms with Crippen LogP contribution in [0.5, 0.6) is 0 Å². The number of aromatic amines is 1. The van der Waals surface area contributed by atoms with Crippen LogP contribution >= 0.6 is 11.6 Å². The van der Waals surface area contributed by atoms with E-state index in [0.29, 0.717) is 32.9 Å². The summed E-state index contributed by atoms with van der Waals surface area (Å²) in [6, 6.07) is 21.0. The Balaban J connectivity index is 1.75. The van der Waals surface area contributed by atoms with Crippen LogP contribution in [0.3, 0.4) is 0 Å². The largest absolute Gasteiger partial charge is 0.319 e. The lowest BCUT2D eigenvalue weighted by molar-refractivity contribution is 0.103. The van der Waals surface area contributed by atoms with Crippen LogP contribution in [0.15, 0.2) is 82.6 Å². The van der Waals surface area contributed by atoms with Gasteiger partial charge in [-0.25, -0.2) is 4.98 Å². The molecule has 1 heterocycles. The topological polar surface area (TPSA) is 75.2 Å². The molecule has 136 valence electrons. The van der Waals surface area contributed by atoms with Crippen molar-refractivity contribution in [3.8, 4) is 0 Å². The molecule has 0 saturated carbocycles. The second-order valence-electron chi connectivity index (χ2n) is 6.08. The third kappa shape index (κ3) is 3.61. The Hall–Kier alpha value is -3.57. The smallest absolute Gasteiger partial charge is 0.275 e. The monoisotopic (exact) mass is 387 g/mol. The Morgan fingerprint density at radius 1 is 1.00 bits per heavy atom. The normalized spacial score (nSPS) is 11.2. The van der Waals surface area contributed by atoms with E-state index in [1.807, 2.05) is 18.2 Å². The summed E-state index contributed by atoms with van der Waals surface area (Å²) in [7, 11) is 0. The number of benzene rings is 3. The van der Waals surface area contributed by atoms with Gasteiger partial charge in [-0.3, -0.25) is 14.6 Å². The van der Waals surface area contributed by atoms with Crippen molar-refractivity contribution in [1.29, 1.82) is 0 Å². The molecule has 0 bridgehead atoms. The average molecular weight is 388 g/mol. The highest BCUT2D eigenvalue weighted by Gasteiger charge is 2.14. The van der Waals surface area contributed by atoms with E-state index < -0.39 is 0 Å². The van der Waals surface area contributed by atoms with E-state index >= 15 is 0 Å². The molecule has 0 aliphatic heterocycles. The fourth-order valence-electron chi connectivity index (χ4n) is 2.81. The first-order chi connectivity index (χ1) is 13.6. The summed E-state index contributed by atoms with van der Waals surface area (Å²) in [5.41, 5.74) is 2.40. The number of aromatic nitrogens is 2. The summed E-state index contributed by atoms with van der Waals surface area (Å²) < 4.78 is 0. The predicted octanol–water partition coefficient (Wildman–Crippen LogP) is 4.56. The van der Waals surface area contributed by atoms with Gasteiger partial charge in [0.1, 0.15) is 5.69 Å². The molecule has 4 aromatic rings. The minimum atomic E-state index is -0.354. The van der Waals surface area contributed by atoms with Gasteiger partial charge < -0.3 is 4.98 Å². The maximum atomic E-state index is 12.9. The van der Waals surface area contributed by atoms with E-state index in [2.05, 4.69) is 15.0 Å². The van der Waals surface area contributed by atoms with Gasteiger partial charge in [-0.15, -0.1) is 0 Å². The van der Waals surface area contributed by atoms with Crippen LogP contribution in [-0.4, -0.2) is 22.0 Å². The van der Waals surface area contributed by atoms with E-state index in [9.17, 15) is 9.59 Å². The van der Waals surface area contributed by atoms with E-state index in [-0.39, 0.29) is 17.0 Å². The number of ketones is 1. The number of rotatable bonds is 4. The third-order valence-corrected chi connectivity index (χ3v) is 4.43. The standard InChI is InChI=1S/C22H14ClN3O2/c23-15-10-11-17(16(12-15)21(27)14-6-2-1-3-7-14)24-13-20-22(28)26-19-9-5-4-8-18(19)25-20/h1-13H,(H,26,28). The first kappa shape index (κ1) is 17.8. The lowest BCUT2D eigenvalue weighted by Crippen LogP contribution is -2.14. The quantitative estimate of drug-likeness (QED) is 0.412. The summed E-state index contributed by atoms with van der Waals surface area (Å²) in [5, 5.41) is 0.430. The zero-order chi connectivity index (χ0) is 19.5. The van der Waals surface area contributed by atoms with Gasteiger partial charge in [-0.05, 0) is 30.3 Å². The second-order valence-corrected chi connectivity index (χ2v) is 6.52. The van der Waals surface area contributed by atoms with Crippen LogP contribution < -0.4 is 5.56 Å². The van der Waals surface area contributed by atoms with Crippen LogP contribution in [0.25, 0.3) is 11.0 Å². The molecule has 3 aromatic carbocycles. The van der Waals surface area contributed by atoms with Gasteiger partial charge in [-0.2, -0.15) is 0 Å². The van der Waals surface area contributed by atoms with Crippen LogP contribution in [-0.2, 0) is 0 Å². The van der Waals surface area contributed by atoms with Crippen molar-refractivity contribution in [2.45, 2.75) is 0 Å². The lowest BCUT2D eigenvalue weighted by Gasteiger charge is -2.06. The molecular weight excluding hydrogens is 374 g/mol. The number of hydrogen-bond acceptors (Lipinski definition) is 4. The van der Waals surface area contributed by atoms with Gasteiger partial charge in [0.2, 0.25) is 0 Å². The highest BCUT2D eigenvalue weighted by molar-refractivity contribution is 6.31. The molecule has 0 radical (unpaired) electrons. The third-order valence-electron chi connectivity index (χ3n) is 4.19. The molecular formula is C22H14ClN3O2. The number of halogens is 1. The molecule has 28 heavy (non-hydrogen) atoms. The van der Waals surface area contributed by atoms with E-state index in [1.165, 1.54) is 6.21 Å². The van der Waals surface area contributed by atoms with Crippen LogP contribution in [0.4, 0.5) is 5.69 Å². The van der Waals surface area contributed by atoms with E-state index in [0.717, 1.165) is 0 Å². The van der Waals surface area contributed by atoms with Crippen molar-refractivity contribution in [1.82, 2.24) is 9.97 Å². The first-order valence-corrected chi connectivity index (χ1v) is 8.92. The second kappa shape index (κ2) is 7.58. The molecule has 1 aromatic heterocycles. The fraction of sp³-hybridized carbons (Fsp3) is 0. The van der Waals surface area contributed by atoms with Crippen molar-refractivity contribution in [2.75, 3.05) is 0 Å². The Morgan fingerprint density at radius 2 is 1.75 bits per heavy atom. The number of para-hydroxylation sites is 2. The molecule has 0 spiro atoms. The zero-order valence-corrected chi connectivity index (χ0v) is 15.4. The molecule has 0 aliphatic carbocycles. The summed E-state index contributed by atoms with van der Waals surface area (Å²) in [5.74, 6) is -0.198. The predicted molar refractivity (Wildman–Crippen MR) is 111 cm³/mol. The van der Waals surface area contributed by atoms with Crippen molar-refractivity contribution < 1.29 is 4.79 Å². The Morgan fingerprint density at radius 3 is 2.57 bits per heavy atom. The number of carbonyl (C=O) groups is 1. The summed E-state index contributed by atoms with van der Waals surface area (Å²) in [6.07, 6.45) is 1.36. The van der Waals surface area contributed by atoms with Gasteiger partial charge >= 0.3 is 0 Å². The number of aliphatic imine (C=N–C) groups is 1. The first-order valence-electron chi connectivity index (χ1n) is 8.54. The van der Waals surface area contributed by atoms with Crippen LogP contribution in [0, 0.1) is 0 Å². The van der Waals surface area contributed by atoms with Crippen molar-refractivity contribution in [2.24, 2.45) is 4.99 Å². The average Bonchev–Trinajstić information content (AvgIpc) is 2.73. The fourth-order valence-corrected chi connectivity index (χ4v) is 2.98. The molecule has 0 unspecified atom stereocenters. The Kier molecular flexibility index (Phi) is 4.83. The van der Waals surface area contributed by atoms with Gasteiger partial charge in [0.25, 0.3) is 5.56 Å². The van der Waals surface area contributed by atoms with Gasteiger partial charge in [0.15, 0.2) is 5.78 Å². The number of hydrogen-bond donors (Lipinski definition) is 1. The van der Waals surface area contributed by atoms with Crippen LogP contribution in [0.1, 0.15) is 21.6 Å². The number of nitrogens with one attached hydrogen (secondary N) is 1. The number of carbonyl (C=O) groups excluding carboxylic acids is 1. The van der Waals surface area contributed by atoms with Crippen molar-refractivity contribution in [3.05, 3.63) is 105 Å². The molecule has 0 aliphatic rings. The summed E-state index contributed by atoms with van der Waals surface area (Å²) >= 11 is 6.08. The molecule has 0 atom stereocenters. The molecule has 0 amide bonds.